The van der Waals surface area contributed by atoms with E-state index in [-0.39, 0.29) is 11.4 Å². The van der Waals surface area contributed by atoms with Gasteiger partial charge in [-0.3, -0.25) is 4.79 Å². The lowest BCUT2D eigenvalue weighted by Crippen LogP contribution is -2.12. The molecule has 3 nitrogen and oxygen atoms in total. The van der Waals surface area contributed by atoms with E-state index in [1.165, 1.54) is 42.1 Å². The lowest BCUT2D eigenvalue weighted by Gasteiger charge is -2.09. The monoisotopic (exact) mass is 342 g/mol. The number of nitriles is 1. The zero-order valence-electron chi connectivity index (χ0n) is 12.7. The normalized spacial score (nSPS) is 10.8. The van der Waals surface area contributed by atoms with Gasteiger partial charge in [0.2, 0.25) is 0 Å². The molecular weight excluding hydrogens is 330 g/mol. The Morgan fingerprint density at radius 3 is 2.58 bits per heavy atom. The average Bonchev–Trinajstić information content (AvgIpc) is 2.56. The van der Waals surface area contributed by atoms with Crippen molar-refractivity contribution in [1.82, 2.24) is 4.98 Å². The van der Waals surface area contributed by atoms with Crippen molar-refractivity contribution in [3.8, 4) is 6.07 Å². The number of hydrogen-bond donors (Lipinski definition) is 1. The summed E-state index contributed by atoms with van der Waals surface area (Å²) in [6.45, 7) is 1.87. The molecule has 120 valence electrons. The van der Waals surface area contributed by atoms with Gasteiger partial charge >= 0.3 is 0 Å². The minimum Gasteiger partial charge on any atom is -0.315 e. The van der Waals surface area contributed by atoms with E-state index in [0.717, 1.165) is 11.1 Å². The third kappa shape index (κ3) is 3.03. The minimum atomic E-state index is -0.518. The fourth-order valence-electron chi connectivity index (χ4n) is 2.45. The summed E-state index contributed by atoms with van der Waals surface area (Å²) < 4.78 is 27.0. The first kappa shape index (κ1) is 16.2. The number of fused-ring (bicyclic) bond motifs is 1. The van der Waals surface area contributed by atoms with E-state index < -0.39 is 11.4 Å². The molecule has 1 N–H and O–H groups in total. The zero-order valence-corrected chi connectivity index (χ0v) is 13.5. The van der Waals surface area contributed by atoms with Gasteiger partial charge in [-0.25, -0.2) is 8.78 Å². The molecule has 0 fully saturated rings. The molecule has 0 aliphatic heterocycles. The van der Waals surface area contributed by atoms with Gasteiger partial charge in [0, 0.05) is 16.5 Å². The maximum atomic E-state index is 13.6. The average molecular weight is 342 g/mol. The van der Waals surface area contributed by atoms with Gasteiger partial charge in [-0.05, 0) is 48.4 Å². The van der Waals surface area contributed by atoms with Crippen LogP contribution in [0.2, 0.25) is 0 Å². The van der Waals surface area contributed by atoms with Crippen molar-refractivity contribution in [2.24, 2.45) is 0 Å². The number of hydrogen-bond acceptors (Lipinski definition) is 3. The maximum absolute atomic E-state index is 13.6. The summed E-state index contributed by atoms with van der Waals surface area (Å²) in [5.74, 6) is -0.375. The lowest BCUT2D eigenvalue weighted by atomic mass is 10.1. The van der Waals surface area contributed by atoms with Crippen LogP contribution in [0.1, 0.15) is 16.7 Å². The SMILES string of the molecule is Cc1ccc(F)cc1CSc1[nH]c(=O)c(C#N)c2ccc(F)cc12. The van der Waals surface area contributed by atoms with Gasteiger partial charge in [-0.1, -0.05) is 6.07 Å². The second kappa shape index (κ2) is 6.46. The van der Waals surface area contributed by atoms with Gasteiger partial charge in [-0.2, -0.15) is 5.26 Å². The topological polar surface area (TPSA) is 56.6 Å². The van der Waals surface area contributed by atoms with E-state index in [1.54, 1.807) is 6.07 Å². The molecule has 0 saturated carbocycles. The van der Waals surface area contributed by atoms with Gasteiger partial charge in [0.25, 0.3) is 5.56 Å². The molecule has 1 heterocycles. The third-order valence-electron chi connectivity index (χ3n) is 3.74. The van der Waals surface area contributed by atoms with Crippen molar-refractivity contribution in [2.75, 3.05) is 0 Å². The molecule has 0 aliphatic carbocycles. The molecule has 6 heteroatoms. The minimum absolute atomic E-state index is 0.0451. The number of aromatic amines is 1. The molecule has 2 aromatic carbocycles. The predicted octanol–water partition coefficient (Wildman–Crippen LogP) is 4.28. The summed E-state index contributed by atoms with van der Waals surface area (Å²) in [7, 11) is 0. The first-order valence-corrected chi connectivity index (χ1v) is 8.11. The molecule has 0 atom stereocenters. The van der Waals surface area contributed by atoms with E-state index in [1.807, 2.05) is 13.0 Å². The molecule has 0 saturated heterocycles. The van der Waals surface area contributed by atoms with Crippen LogP contribution in [-0.4, -0.2) is 4.98 Å². The fourth-order valence-corrected chi connectivity index (χ4v) is 3.55. The molecule has 24 heavy (non-hydrogen) atoms. The number of nitrogens with zero attached hydrogens (tertiary/aromatic N) is 1. The summed E-state index contributed by atoms with van der Waals surface area (Å²) in [4.78, 5) is 14.7. The van der Waals surface area contributed by atoms with Crippen molar-refractivity contribution in [2.45, 2.75) is 17.7 Å². The van der Waals surface area contributed by atoms with Crippen LogP contribution in [0.15, 0.2) is 46.2 Å². The molecule has 0 unspecified atom stereocenters. The summed E-state index contributed by atoms with van der Waals surface area (Å²) in [6, 6.07) is 10.3. The van der Waals surface area contributed by atoms with Crippen LogP contribution in [-0.2, 0) is 5.75 Å². The molecule has 3 aromatic rings. The standard InChI is InChI=1S/C18H12F2N2OS/c1-10-2-3-12(19)6-11(10)9-24-18-15-7-13(20)4-5-14(15)16(8-21)17(23)22-18/h2-7H,9H2,1H3,(H,22,23). The van der Waals surface area contributed by atoms with Crippen LogP contribution >= 0.6 is 11.8 Å². The van der Waals surface area contributed by atoms with Crippen LogP contribution in [0, 0.1) is 29.9 Å². The van der Waals surface area contributed by atoms with Crippen LogP contribution in [0.5, 0.6) is 0 Å². The van der Waals surface area contributed by atoms with Crippen molar-refractivity contribution >= 4 is 22.5 Å². The molecule has 0 aliphatic rings. The highest BCUT2D eigenvalue weighted by Gasteiger charge is 2.13. The molecule has 3 rings (SSSR count). The largest absolute Gasteiger partial charge is 0.315 e. The van der Waals surface area contributed by atoms with Crippen LogP contribution < -0.4 is 5.56 Å². The Labute approximate surface area is 140 Å². The number of pyridine rings is 1. The van der Waals surface area contributed by atoms with Gasteiger partial charge in [0.05, 0.1) is 5.03 Å². The van der Waals surface area contributed by atoms with Gasteiger partial charge in [0.15, 0.2) is 0 Å². The molecule has 1 aromatic heterocycles. The Hall–Kier alpha value is -2.65. The number of thioether (sulfide) groups is 1. The summed E-state index contributed by atoms with van der Waals surface area (Å²) >= 11 is 1.27. The van der Waals surface area contributed by atoms with Crippen molar-refractivity contribution in [3.05, 3.63) is 75.1 Å². The first-order chi connectivity index (χ1) is 11.5. The Morgan fingerprint density at radius 2 is 1.83 bits per heavy atom. The third-order valence-corrected chi connectivity index (χ3v) is 4.81. The molecule has 0 bridgehead atoms. The number of aryl methyl sites for hydroxylation is 1. The van der Waals surface area contributed by atoms with Crippen LogP contribution in [0.4, 0.5) is 8.78 Å². The second-order valence-corrected chi connectivity index (χ2v) is 6.31. The molecular formula is C18H12F2N2OS. The van der Waals surface area contributed by atoms with Gasteiger partial charge < -0.3 is 4.98 Å². The number of nitrogens with one attached hydrogen (secondary N) is 1. The van der Waals surface area contributed by atoms with Crippen molar-refractivity contribution in [1.29, 1.82) is 5.26 Å². The highest BCUT2D eigenvalue weighted by Crippen LogP contribution is 2.30. The number of rotatable bonds is 3. The maximum Gasteiger partial charge on any atom is 0.267 e. The Kier molecular flexibility index (Phi) is 4.36. The number of benzene rings is 2. The molecule has 0 amide bonds. The van der Waals surface area contributed by atoms with Crippen molar-refractivity contribution in [3.63, 3.8) is 0 Å². The van der Waals surface area contributed by atoms with E-state index in [4.69, 9.17) is 5.26 Å². The summed E-state index contributed by atoms with van der Waals surface area (Å²) in [5.41, 5.74) is 1.15. The summed E-state index contributed by atoms with van der Waals surface area (Å²) in [5, 5.41) is 10.5. The zero-order chi connectivity index (χ0) is 17.3. The lowest BCUT2D eigenvalue weighted by molar-refractivity contribution is 0.626. The van der Waals surface area contributed by atoms with Crippen LogP contribution in [0.25, 0.3) is 10.8 Å². The Bertz CT molecular complexity index is 1040. The van der Waals surface area contributed by atoms with E-state index in [2.05, 4.69) is 4.98 Å². The molecule has 0 spiro atoms. The van der Waals surface area contributed by atoms with E-state index in [0.29, 0.717) is 21.6 Å². The smallest absolute Gasteiger partial charge is 0.267 e. The van der Waals surface area contributed by atoms with Crippen molar-refractivity contribution < 1.29 is 8.78 Å². The van der Waals surface area contributed by atoms with E-state index >= 15 is 0 Å². The number of H-pyrrole nitrogens is 1. The number of aromatic nitrogens is 1. The Morgan fingerprint density at radius 1 is 1.12 bits per heavy atom. The first-order valence-electron chi connectivity index (χ1n) is 7.13. The molecule has 0 radical (unpaired) electrons. The fraction of sp³-hybridized carbons (Fsp3) is 0.111. The number of halogens is 2. The highest BCUT2D eigenvalue weighted by atomic mass is 32.2. The summed E-state index contributed by atoms with van der Waals surface area (Å²) in [6.07, 6.45) is 0. The van der Waals surface area contributed by atoms with E-state index in [9.17, 15) is 13.6 Å². The predicted molar refractivity (Wildman–Crippen MR) is 89.9 cm³/mol. The van der Waals surface area contributed by atoms with Crippen LogP contribution in [0.3, 0.4) is 0 Å². The van der Waals surface area contributed by atoms with Gasteiger partial charge in [0.1, 0.15) is 23.3 Å². The quantitative estimate of drug-likeness (QED) is 0.723. The van der Waals surface area contributed by atoms with Gasteiger partial charge in [-0.15, -0.1) is 11.8 Å². The Balaban J connectivity index is 2.07. The second-order valence-electron chi connectivity index (χ2n) is 5.32. The highest BCUT2D eigenvalue weighted by molar-refractivity contribution is 7.98.